The molecule has 0 spiro atoms. The van der Waals surface area contributed by atoms with Crippen LogP contribution in [0.15, 0.2) is 95.4 Å². The third-order valence-electron chi connectivity index (χ3n) is 3.94. The van der Waals surface area contributed by atoms with Gasteiger partial charge in [-0.15, -0.1) is 0 Å². The molecule has 2 nitrogen and oxygen atoms in total. The number of para-hydroxylation sites is 2. The molecule has 0 aliphatic heterocycles. The molecule has 116 valence electrons. The zero-order chi connectivity index (χ0) is 16.2. The van der Waals surface area contributed by atoms with Crippen molar-refractivity contribution in [3.05, 3.63) is 96.6 Å². The van der Waals surface area contributed by atoms with Gasteiger partial charge >= 0.3 is 11.3 Å². The Bertz CT molecular complexity index is 961. The molecule has 3 aromatic carbocycles. The highest BCUT2D eigenvalue weighted by atomic mass is 16.5. The molecule has 0 fully saturated rings. The number of rotatable bonds is 4. The fourth-order valence-electron chi connectivity index (χ4n) is 2.71. The highest BCUT2D eigenvalue weighted by molar-refractivity contribution is 5.79. The Morgan fingerprint density at radius 1 is 0.667 bits per heavy atom. The minimum absolute atomic E-state index is 0.533. The van der Waals surface area contributed by atoms with Gasteiger partial charge in [-0.2, -0.15) is 0 Å². The summed E-state index contributed by atoms with van der Waals surface area (Å²) >= 11 is 0. The molecule has 0 radical (unpaired) electrons. The van der Waals surface area contributed by atoms with Crippen LogP contribution >= 0.6 is 0 Å². The number of fused-ring (bicyclic) bond motifs is 1. The number of hydrogen-bond acceptors (Lipinski definition) is 1. The third kappa shape index (κ3) is 2.99. The lowest BCUT2D eigenvalue weighted by Crippen LogP contribution is -1.96. The maximum Gasteiger partial charge on any atom is 0.364 e. The SMILES string of the molecule is c1ccc(COc2ccccc2-c2ccc3ccccc3[o+]2)cc1. The summed E-state index contributed by atoms with van der Waals surface area (Å²) in [5.74, 6) is 1.62. The first-order valence-electron chi connectivity index (χ1n) is 7.98. The average molecular weight is 313 g/mol. The van der Waals surface area contributed by atoms with E-state index < -0.39 is 0 Å². The molecule has 0 N–H and O–H groups in total. The van der Waals surface area contributed by atoms with Gasteiger partial charge in [-0.05, 0) is 29.8 Å². The fourth-order valence-corrected chi connectivity index (χ4v) is 2.71. The van der Waals surface area contributed by atoms with Gasteiger partial charge in [0, 0.05) is 12.1 Å². The average Bonchev–Trinajstić information content (AvgIpc) is 2.67. The molecule has 4 aromatic rings. The van der Waals surface area contributed by atoms with Crippen molar-refractivity contribution >= 4 is 11.0 Å². The van der Waals surface area contributed by atoms with E-state index in [0.29, 0.717) is 6.61 Å². The van der Waals surface area contributed by atoms with Crippen LogP contribution < -0.4 is 4.74 Å². The van der Waals surface area contributed by atoms with E-state index in [0.717, 1.165) is 33.6 Å². The van der Waals surface area contributed by atoms with E-state index in [1.54, 1.807) is 0 Å². The van der Waals surface area contributed by atoms with Crippen LogP contribution in [0, 0.1) is 0 Å². The van der Waals surface area contributed by atoms with Gasteiger partial charge in [0.15, 0.2) is 0 Å². The maximum atomic E-state index is 6.06. The maximum absolute atomic E-state index is 6.06. The van der Waals surface area contributed by atoms with Crippen molar-refractivity contribution in [2.45, 2.75) is 6.61 Å². The Hall–Kier alpha value is -3.13. The lowest BCUT2D eigenvalue weighted by atomic mass is 10.1. The van der Waals surface area contributed by atoms with Crippen LogP contribution in [0.4, 0.5) is 0 Å². The van der Waals surface area contributed by atoms with Crippen LogP contribution in [0.2, 0.25) is 0 Å². The molecule has 24 heavy (non-hydrogen) atoms. The van der Waals surface area contributed by atoms with Crippen LogP contribution in [-0.4, -0.2) is 0 Å². The van der Waals surface area contributed by atoms with Crippen molar-refractivity contribution in [1.82, 2.24) is 0 Å². The zero-order valence-corrected chi connectivity index (χ0v) is 13.2. The van der Waals surface area contributed by atoms with E-state index in [1.165, 1.54) is 0 Å². The summed E-state index contributed by atoms with van der Waals surface area (Å²) in [5, 5.41) is 1.09. The minimum Gasteiger partial charge on any atom is -0.488 e. The molecule has 0 unspecified atom stereocenters. The molecule has 2 heteroatoms. The first kappa shape index (κ1) is 14.5. The Morgan fingerprint density at radius 3 is 2.33 bits per heavy atom. The lowest BCUT2D eigenvalue weighted by Gasteiger charge is -2.08. The molecule has 0 atom stereocenters. The van der Waals surface area contributed by atoms with Gasteiger partial charge < -0.3 is 4.74 Å². The van der Waals surface area contributed by atoms with E-state index in [1.807, 2.05) is 72.8 Å². The third-order valence-corrected chi connectivity index (χ3v) is 3.94. The molecule has 0 aliphatic carbocycles. The summed E-state index contributed by atoms with van der Waals surface area (Å²) in [6.07, 6.45) is 0. The van der Waals surface area contributed by atoms with Crippen LogP contribution in [0.1, 0.15) is 5.56 Å². The summed E-state index contributed by atoms with van der Waals surface area (Å²) in [5.41, 5.74) is 2.97. The standard InChI is InChI=1S/C22H17O2/c1-2-8-17(9-3-1)16-23-21-13-7-5-11-19(21)22-15-14-18-10-4-6-12-20(18)24-22/h1-15H,16H2/q+1. The summed E-state index contributed by atoms with van der Waals surface area (Å²) in [6, 6.07) is 30.2. The molecule has 0 amide bonds. The molecular formula is C22H17O2+. The van der Waals surface area contributed by atoms with Crippen molar-refractivity contribution in [2.75, 3.05) is 0 Å². The molecular weight excluding hydrogens is 296 g/mol. The van der Waals surface area contributed by atoms with Gasteiger partial charge in [0.1, 0.15) is 17.9 Å². The summed E-state index contributed by atoms with van der Waals surface area (Å²) in [7, 11) is 0. The van der Waals surface area contributed by atoms with Gasteiger partial charge in [0.2, 0.25) is 0 Å². The fraction of sp³-hybridized carbons (Fsp3) is 0.0455. The highest BCUT2D eigenvalue weighted by Crippen LogP contribution is 2.32. The van der Waals surface area contributed by atoms with Gasteiger partial charge in [-0.3, -0.25) is 0 Å². The monoisotopic (exact) mass is 313 g/mol. The van der Waals surface area contributed by atoms with E-state index >= 15 is 0 Å². The smallest absolute Gasteiger partial charge is 0.364 e. The quantitative estimate of drug-likeness (QED) is 0.433. The largest absolute Gasteiger partial charge is 0.488 e. The molecule has 1 heterocycles. The zero-order valence-electron chi connectivity index (χ0n) is 13.2. The number of ether oxygens (including phenoxy) is 1. The number of benzene rings is 3. The van der Waals surface area contributed by atoms with Gasteiger partial charge in [-0.1, -0.05) is 54.6 Å². The summed E-state index contributed by atoms with van der Waals surface area (Å²) in [6.45, 7) is 0.533. The van der Waals surface area contributed by atoms with Crippen molar-refractivity contribution in [2.24, 2.45) is 0 Å². The van der Waals surface area contributed by atoms with Crippen LogP contribution in [-0.2, 0) is 6.61 Å². The molecule has 0 bridgehead atoms. The normalized spacial score (nSPS) is 10.7. The van der Waals surface area contributed by atoms with Gasteiger partial charge in [0.05, 0.1) is 5.39 Å². The van der Waals surface area contributed by atoms with E-state index in [-0.39, 0.29) is 0 Å². The van der Waals surface area contributed by atoms with E-state index in [4.69, 9.17) is 9.15 Å². The van der Waals surface area contributed by atoms with Crippen molar-refractivity contribution in [1.29, 1.82) is 0 Å². The van der Waals surface area contributed by atoms with Crippen molar-refractivity contribution in [3.8, 4) is 17.1 Å². The van der Waals surface area contributed by atoms with Crippen molar-refractivity contribution < 1.29 is 9.15 Å². The first-order chi connectivity index (χ1) is 11.9. The van der Waals surface area contributed by atoms with E-state index in [2.05, 4.69) is 18.2 Å². The van der Waals surface area contributed by atoms with Crippen LogP contribution in [0.5, 0.6) is 5.75 Å². The predicted octanol–water partition coefficient (Wildman–Crippen LogP) is 5.96. The topological polar surface area (TPSA) is 20.5 Å². The second-order valence-corrected chi connectivity index (χ2v) is 5.61. The Balaban J connectivity index is 1.67. The van der Waals surface area contributed by atoms with Crippen LogP contribution in [0.3, 0.4) is 0 Å². The molecule has 4 rings (SSSR count). The molecule has 1 aromatic heterocycles. The summed E-state index contributed by atoms with van der Waals surface area (Å²) < 4.78 is 12.1. The van der Waals surface area contributed by atoms with Gasteiger partial charge in [-0.25, -0.2) is 4.42 Å². The van der Waals surface area contributed by atoms with Crippen molar-refractivity contribution in [3.63, 3.8) is 0 Å². The highest BCUT2D eigenvalue weighted by Gasteiger charge is 2.18. The van der Waals surface area contributed by atoms with E-state index in [9.17, 15) is 0 Å². The molecule has 0 aliphatic rings. The molecule has 0 saturated carbocycles. The summed E-state index contributed by atoms with van der Waals surface area (Å²) in [4.78, 5) is 0. The Morgan fingerprint density at radius 2 is 1.42 bits per heavy atom. The van der Waals surface area contributed by atoms with Gasteiger partial charge in [0.25, 0.3) is 0 Å². The molecule has 0 saturated heterocycles. The second kappa shape index (κ2) is 6.55. The Kier molecular flexibility index (Phi) is 3.95. The lowest BCUT2D eigenvalue weighted by molar-refractivity contribution is 0.307. The second-order valence-electron chi connectivity index (χ2n) is 5.61. The Labute approximate surface area is 141 Å². The predicted molar refractivity (Wildman–Crippen MR) is 96.8 cm³/mol. The minimum atomic E-state index is 0.533. The first-order valence-corrected chi connectivity index (χ1v) is 7.98. The van der Waals surface area contributed by atoms with Crippen LogP contribution in [0.25, 0.3) is 22.3 Å². The number of hydrogen-bond donors (Lipinski definition) is 0.